The third kappa shape index (κ3) is 5.11. The molecule has 5 nitrogen and oxygen atoms in total. The topological polar surface area (TPSA) is 92.4 Å². The molecule has 1 amide bonds. The van der Waals surface area contributed by atoms with Crippen molar-refractivity contribution in [2.45, 2.75) is 51.1 Å². The molecule has 1 aliphatic rings. The molecule has 0 aromatic heterocycles. The lowest BCUT2D eigenvalue weighted by Crippen LogP contribution is -2.44. The summed E-state index contributed by atoms with van der Waals surface area (Å²) in [4.78, 5) is 21.9. The van der Waals surface area contributed by atoms with Crippen molar-refractivity contribution in [1.82, 2.24) is 5.32 Å². The molecule has 2 atom stereocenters. The molecule has 0 radical (unpaired) electrons. The van der Waals surface area contributed by atoms with Gasteiger partial charge in [0.25, 0.3) is 0 Å². The Labute approximate surface area is 95.4 Å². The molecular formula is C11H20N2O3. The molecule has 2 unspecified atom stereocenters. The average molecular weight is 228 g/mol. The number of carbonyl (C=O) groups excluding carboxylic acids is 1. The fourth-order valence-corrected chi connectivity index (χ4v) is 1.67. The summed E-state index contributed by atoms with van der Waals surface area (Å²) in [5.41, 5.74) is 5.58. The maximum absolute atomic E-state index is 11.5. The predicted octanol–water partition coefficient (Wildman–Crippen LogP) is 0.483. The highest BCUT2D eigenvalue weighted by Crippen LogP contribution is 2.33. The van der Waals surface area contributed by atoms with Crippen LogP contribution < -0.4 is 11.1 Å². The van der Waals surface area contributed by atoms with Gasteiger partial charge >= 0.3 is 5.97 Å². The van der Waals surface area contributed by atoms with Gasteiger partial charge in [0, 0.05) is 12.5 Å². The van der Waals surface area contributed by atoms with Crippen molar-refractivity contribution in [3.8, 4) is 0 Å². The largest absolute Gasteiger partial charge is 0.481 e. The van der Waals surface area contributed by atoms with Gasteiger partial charge in [-0.2, -0.15) is 0 Å². The SMILES string of the molecule is CC(CC1CC1)NC(=O)C(N)CCC(=O)O. The van der Waals surface area contributed by atoms with Gasteiger partial charge in [0.15, 0.2) is 0 Å². The van der Waals surface area contributed by atoms with E-state index >= 15 is 0 Å². The lowest BCUT2D eigenvalue weighted by atomic mass is 10.1. The maximum Gasteiger partial charge on any atom is 0.303 e. The van der Waals surface area contributed by atoms with Gasteiger partial charge in [0.2, 0.25) is 5.91 Å². The van der Waals surface area contributed by atoms with Gasteiger partial charge in [0.05, 0.1) is 6.04 Å². The van der Waals surface area contributed by atoms with E-state index in [0.29, 0.717) is 0 Å². The van der Waals surface area contributed by atoms with Gasteiger partial charge in [-0.3, -0.25) is 9.59 Å². The molecule has 1 aliphatic carbocycles. The Bertz CT molecular complexity index is 264. The number of nitrogens with two attached hydrogens (primary N) is 1. The van der Waals surface area contributed by atoms with Crippen LogP contribution in [-0.2, 0) is 9.59 Å². The lowest BCUT2D eigenvalue weighted by Gasteiger charge is -2.16. The van der Waals surface area contributed by atoms with Crippen molar-refractivity contribution in [2.75, 3.05) is 0 Å². The van der Waals surface area contributed by atoms with E-state index in [-0.39, 0.29) is 24.8 Å². The summed E-state index contributed by atoms with van der Waals surface area (Å²) >= 11 is 0. The quantitative estimate of drug-likeness (QED) is 0.591. The van der Waals surface area contributed by atoms with Crippen molar-refractivity contribution in [3.63, 3.8) is 0 Å². The first-order chi connectivity index (χ1) is 7.49. The zero-order valence-corrected chi connectivity index (χ0v) is 9.61. The number of carbonyl (C=O) groups is 2. The fourth-order valence-electron chi connectivity index (χ4n) is 1.67. The molecular weight excluding hydrogens is 208 g/mol. The number of carboxylic acids is 1. The minimum absolute atomic E-state index is 0.0639. The minimum Gasteiger partial charge on any atom is -0.481 e. The van der Waals surface area contributed by atoms with Crippen LogP contribution in [0.4, 0.5) is 0 Å². The standard InChI is InChI=1S/C11H20N2O3/c1-7(6-8-2-3-8)13-11(16)9(12)4-5-10(14)15/h7-9H,2-6,12H2,1H3,(H,13,16)(H,14,15). The van der Waals surface area contributed by atoms with E-state index < -0.39 is 12.0 Å². The third-order valence-electron chi connectivity index (χ3n) is 2.78. The molecule has 0 aliphatic heterocycles. The van der Waals surface area contributed by atoms with E-state index in [1.807, 2.05) is 6.92 Å². The first kappa shape index (κ1) is 13.0. The number of rotatable bonds is 7. The van der Waals surface area contributed by atoms with Crippen LogP contribution in [0.3, 0.4) is 0 Å². The van der Waals surface area contributed by atoms with Crippen molar-refractivity contribution < 1.29 is 14.7 Å². The number of amides is 1. The summed E-state index contributed by atoms with van der Waals surface area (Å²) in [5, 5.41) is 11.3. The normalized spacial score (nSPS) is 18.9. The smallest absolute Gasteiger partial charge is 0.303 e. The molecule has 0 aromatic carbocycles. The first-order valence-electron chi connectivity index (χ1n) is 5.76. The van der Waals surface area contributed by atoms with Crippen molar-refractivity contribution in [1.29, 1.82) is 0 Å². The Morgan fingerprint density at radius 1 is 1.50 bits per heavy atom. The molecule has 0 saturated heterocycles. The van der Waals surface area contributed by atoms with E-state index in [1.54, 1.807) is 0 Å². The fraction of sp³-hybridized carbons (Fsp3) is 0.818. The summed E-state index contributed by atoms with van der Waals surface area (Å²) in [5.74, 6) is -0.408. The highest BCUT2D eigenvalue weighted by Gasteiger charge is 2.25. The molecule has 0 bridgehead atoms. The lowest BCUT2D eigenvalue weighted by molar-refractivity contribution is -0.137. The van der Waals surface area contributed by atoms with Gasteiger partial charge in [-0.1, -0.05) is 12.8 Å². The maximum atomic E-state index is 11.5. The average Bonchev–Trinajstić information content (AvgIpc) is 2.97. The van der Waals surface area contributed by atoms with Crippen LogP contribution >= 0.6 is 0 Å². The second-order valence-corrected chi connectivity index (χ2v) is 4.63. The Morgan fingerprint density at radius 2 is 2.12 bits per heavy atom. The molecule has 92 valence electrons. The molecule has 0 aromatic rings. The Kier molecular flexibility index (Phi) is 4.73. The Balaban J connectivity index is 2.18. The van der Waals surface area contributed by atoms with Gasteiger partial charge in [-0.05, 0) is 25.7 Å². The number of nitrogens with one attached hydrogen (secondary N) is 1. The van der Waals surface area contributed by atoms with E-state index in [1.165, 1.54) is 12.8 Å². The van der Waals surface area contributed by atoms with Crippen molar-refractivity contribution in [3.05, 3.63) is 0 Å². The zero-order chi connectivity index (χ0) is 12.1. The highest BCUT2D eigenvalue weighted by atomic mass is 16.4. The van der Waals surface area contributed by atoms with Crippen LogP contribution in [0.2, 0.25) is 0 Å². The summed E-state index contributed by atoms with van der Waals surface area (Å²) < 4.78 is 0. The Hall–Kier alpha value is -1.10. The van der Waals surface area contributed by atoms with Gasteiger partial charge < -0.3 is 16.2 Å². The molecule has 0 heterocycles. The van der Waals surface area contributed by atoms with E-state index in [0.717, 1.165) is 12.3 Å². The van der Waals surface area contributed by atoms with E-state index in [4.69, 9.17) is 10.8 Å². The van der Waals surface area contributed by atoms with Crippen molar-refractivity contribution in [2.24, 2.45) is 11.7 Å². The number of hydrogen-bond donors (Lipinski definition) is 3. The second kappa shape index (κ2) is 5.84. The van der Waals surface area contributed by atoms with Crippen LogP contribution in [0.5, 0.6) is 0 Å². The first-order valence-corrected chi connectivity index (χ1v) is 5.76. The number of hydrogen-bond acceptors (Lipinski definition) is 3. The highest BCUT2D eigenvalue weighted by molar-refractivity contribution is 5.82. The number of aliphatic carboxylic acids is 1. The van der Waals surface area contributed by atoms with E-state index in [2.05, 4.69) is 5.32 Å². The molecule has 1 saturated carbocycles. The van der Waals surface area contributed by atoms with Crippen LogP contribution in [0.15, 0.2) is 0 Å². The third-order valence-corrected chi connectivity index (χ3v) is 2.78. The van der Waals surface area contributed by atoms with Gasteiger partial charge in [-0.25, -0.2) is 0 Å². The second-order valence-electron chi connectivity index (χ2n) is 4.63. The minimum atomic E-state index is -0.922. The zero-order valence-electron chi connectivity index (χ0n) is 9.61. The number of carboxylic acid groups (broad SMARTS) is 1. The van der Waals surface area contributed by atoms with Crippen molar-refractivity contribution >= 4 is 11.9 Å². The molecule has 1 rings (SSSR count). The molecule has 4 N–H and O–H groups in total. The van der Waals surface area contributed by atoms with E-state index in [9.17, 15) is 9.59 Å². The summed E-state index contributed by atoms with van der Waals surface area (Å²) in [7, 11) is 0. The summed E-state index contributed by atoms with van der Waals surface area (Å²) in [6, 6.07) is -0.575. The summed E-state index contributed by atoms with van der Waals surface area (Å²) in [6.45, 7) is 1.96. The van der Waals surface area contributed by atoms with Gasteiger partial charge in [-0.15, -0.1) is 0 Å². The summed E-state index contributed by atoms with van der Waals surface area (Å²) in [6.07, 6.45) is 3.64. The molecule has 1 fully saturated rings. The van der Waals surface area contributed by atoms with Crippen LogP contribution in [0.1, 0.15) is 39.0 Å². The molecule has 5 heteroatoms. The molecule has 16 heavy (non-hydrogen) atoms. The van der Waals surface area contributed by atoms with Crippen LogP contribution in [0.25, 0.3) is 0 Å². The monoisotopic (exact) mass is 228 g/mol. The van der Waals surface area contributed by atoms with Crippen LogP contribution in [-0.4, -0.2) is 29.1 Å². The Morgan fingerprint density at radius 3 is 2.62 bits per heavy atom. The predicted molar refractivity (Wildman–Crippen MR) is 59.8 cm³/mol. The van der Waals surface area contributed by atoms with Gasteiger partial charge in [0.1, 0.15) is 0 Å². The van der Waals surface area contributed by atoms with Crippen LogP contribution in [0, 0.1) is 5.92 Å². The molecule has 0 spiro atoms.